The highest BCUT2D eigenvalue weighted by molar-refractivity contribution is 6.32. The molecule has 16 heavy (non-hydrogen) atoms. The number of halogens is 1. The Labute approximate surface area is 99.9 Å². The minimum Gasteiger partial charge on any atom is -0.388 e. The van der Waals surface area contributed by atoms with Gasteiger partial charge in [0.05, 0.1) is 21.9 Å². The highest BCUT2D eigenvalue weighted by Crippen LogP contribution is 2.31. The van der Waals surface area contributed by atoms with Gasteiger partial charge >= 0.3 is 0 Å². The van der Waals surface area contributed by atoms with Crippen molar-refractivity contribution in [2.45, 2.75) is 18.9 Å². The molecule has 1 aromatic carbocycles. The fourth-order valence-corrected chi connectivity index (χ4v) is 2.25. The summed E-state index contributed by atoms with van der Waals surface area (Å²) in [6.45, 7) is 3.10. The summed E-state index contributed by atoms with van der Waals surface area (Å²) in [4.78, 5) is 2.00. The number of nitrogens with zero attached hydrogens (tertiary/aromatic N) is 2. The van der Waals surface area contributed by atoms with Crippen molar-refractivity contribution in [2.75, 3.05) is 18.0 Å². The summed E-state index contributed by atoms with van der Waals surface area (Å²) in [7, 11) is 0. The zero-order chi connectivity index (χ0) is 11.8. The zero-order valence-corrected chi connectivity index (χ0v) is 9.83. The van der Waals surface area contributed by atoms with Gasteiger partial charge < -0.3 is 10.0 Å². The molecule has 1 N–H and O–H groups in total. The van der Waals surface area contributed by atoms with E-state index in [0.29, 0.717) is 23.6 Å². The lowest BCUT2D eigenvalue weighted by atomic mass is 10.1. The Morgan fingerprint density at radius 3 is 2.88 bits per heavy atom. The highest BCUT2D eigenvalue weighted by atomic mass is 35.5. The van der Waals surface area contributed by atoms with Gasteiger partial charge in [-0.15, -0.1) is 0 Å². The van der Waals surface area contributed by atoms with Crippen LogP contribution in [0.2, 0.25) is 5.02 Å². The predicted octanol–water partition coefficient (Wildman–Crippen LogP) is 2.17. The van der Waals surface area contributed by atoms with Gasteiger partial charge in [0.1, 0.15) is 6.07 Å². The summed E-state index contributed by atoms with van der Waals surface area (Å²) in [6, 6.07) is 7.51. The van der Waals surface area contributed by atoms with E-state index in [1.54, 1.807) is 6.07 Å². The average Bonchev–Trinajstić information content (AvgIpc) is 2.58. The van der Waals surface area contributed by atoms with Crippen LogP contribution >= 0.6 is 11.6 Å². The maximum atomic E-state index is 9.90. The lowest BCUT2D eigenvalue weighted by molar-refractivity contribution is 0.0839. The monoisotopic (exact) mass is 236 g/mol. The first-order valence-corrected chi connectivity index (χ1v) is 5.57. The first-order chi connectivity index (χ1) is 7.53. The average molecular weight is 237 g/mol. The minimum absolute atomic E-state index is 0.464. The molecule has 1 heterocycles. The largest absolute Gasteiger partial charge is 0.388 e. The fourth-order valence-electron chi connectivity index (χ4n) is 2.04. The topological polar surface area (TPSA) is 47.3 Å². The third-order valence-corrected chi connectivity index (χ3v) is 3.21. The molecule has 0 aliphatic carbocycles. The summed E-state index contributed by atoms with van der Waals surface area (Å²) in [5, 5.41) is 19.4. The molecule has 1 atom stereocenters. The van der Waals surface area contributed by atoms with E-state index in [-0.39, 0.29) is 0 Å². The second-order valence-electron chi connectivity index (χ2n) is 4.41. The quantitative estimate of drug-likeness (QED) is 0.813. The summed E-state index contributed by atoms with van der Waals surface area (Å²) in [6.07, 6.45) is 0.713. The molecule has 1 aliphatic heterocycles. The Morgan fingerprint density at radius 1 is 1.56 bits per heavy atom. The Hall–Kier alpha value is -1.24. The van der Waals surface area contributed by atoms with Crippen LogP contribution < -0.4 is 4.90 Å². The fraction of sp³-hybridized carbons (Fsp3) is 0.417. The lowest BCUT2D eigenvalue weighted by Crippen LogP contribution is -2.29. The van der Waals surface area contributed by atoms with E-state index >= 15 is 0 Å². The Bertz CT molecular complexity index is 451. The second-order valence-corrected chi connectivity index (χ2v) is 4.82. The van der Waals surface area contributed by atoms with Crippen LogP contribution in [0.3, 0.4) is 0 Å². The molecule has 0 saturated carbocycles. The molecule has 0 spiro atoms. The van der Waals surface area contributed by atoms with Gasteiger partial charge in [-0.05, 0) is 25.5 Å². The first kappa shape index (κ1) is 11.3. The van der Waals surface area contributed by atoms with Gasteiger partial charge in [-0.3, -0.25) is 0 Å². The number of hydrogen-bond acceptors (Lipinski definition) is 3. The van der Waals surface area contributed by atoms with Crippen LogP contribution in [0.5, 0.6) is 0 Å². The lowest BCUT2D eigenvalue weighted by Gasteiger charge is -2.22. The van der Waals surface area contributed by atoms with Gasteiger partial charge in [0.2, 0.25) is 0 Å². The van der Waals surface area contributed by atoms with Crippen molar-refractivity contribution < 1.29 is 5.11 Å². The molecule has 0 radical (unpaired) electrons. The normalized spacial score (nSPS) is 24.5. The van der Waals surface area contributed by atoms with E-state index in [1.807, 2.05) is 24.0 Å². The van der Waals surface area contributed by atoms with Gasteiger partial charge in [0.15, 0.2) is 0 Å². The van der Waals surface area contributed by atoms with Gasteiger partial charge in [-0.1, -0.05) is 17.7 Å². The molecule has 2 rings (SSSR count). The maximum Gasteiger partial charge on any atom is 0.103 e. The van der Waals surface area contributed by atoms with Crippen molar-refractivity contribution in [3.63, 3.8) is 0 Å². The van der Waals surface area contributed by atoms with Crippen molar-refractivity contribution in [1.82, 2.24) is 0 Å². The molecule has 0 aromatic heterocycles. The number of hydrogen-bond donors (Lipinski definition) is 1. The molecule has 1 saturated heterocycles. The van der Waals surface area contributed by atoms with Crippen molar-refractivity contribution in [1.29, 1.82) is 5.26 Å². The van der Waals surface area contributed by atoms with E-state index in [0.717, 1.165) is 12.2 Å². The number of rotatable bonds is 1. The van der Waals surface area contributed by atoms with Crippen LogP contribution in [0.1, 0.15) is 18.9 Å². The van der Waals surface area contributed by atoms with Crippen molar-refractivity contribution in [2.24, 2.45) is 0 Å². The smallest absolute Gasteiger partial charge is 0.103 e. The van der Waals surface area contributed by atoms with Crippen LogP contribution in [0.25, 0.3) is 0 Å². The molecule has 3 nitrogen and oxygen atoms in total. The highest BCUT2D eigenvalue weighted by Gasteiger charge is 2.32. The molecule has 1 aliphatic rings. The zero-order valence-electron chi connectivity index (χ0n) is 9.07. The molecule has 4 heteroatoms. The van der Waals surface area contributed by atoms with Gasteiger partial charge in [-0.25, -0.2) is 0 Å². The van der Waals surface area contributed by atoms with E-state index < -0.39 is 5.60 Å². The van der Waals surface area contributed by atoms with Crippen LogP contribution in [0.4, 0.5) is 5.69 Å². The maximum absolute atomic E-state index is 9.90. The summed E-state index contributed by atoms with van der Waals surface area (Å²) >= 11 is 5.97. The Kier molecular flexibility index (Phi) is 2.79. The summed E-state index contributed by atoms with van der Waals surface area (Å²) in [5.74, 6) is 0. The molecular formula is C12H13ClN2O. The Morgan fingerprint density at radius 2 is 2.31 bits per heavy atom. The van der Waals surface area contributed by atoms with Crippen LogP contribution in [-0.2, 0) is 0 Å². The third-order valence-electron chi connectivity index (χ3n) is 2.90. The number of β-amino-alcohol motifs (C(OH)–C–C–N with tert-alkyl or cyclic N) is 1. The number of anilines is 1. The Balaban J connectivity index is 2.36. The van der Waals surface area contributed by atoms with Crippen molar-refractivity contribution in [3.8, 4) is 6.07 Å². The first-order valence-electron chi connectivity index (χ1n) is 5.19. The molecule has 0 bridgehead atoms. The summed E-state index contributed by atoms with van der Waals surface area (Å²) < 4.78 is 0. The van der Waals surface area contributed by atoms with E-state index in [9.17, 15) is 5.11 Å². The molecular weight excluding hydrogens is 224 g/mol. The molecule has 1 fully saturated rings. The summed E-state index contributed by atoms with van der Waals surface area (Å²) in [5.41, 5.74) is 0.629. The van der Waals surface area contributed by atoms with E-state index in [2.05, 4.69) is 6.07 Å². The van der Waals surface area contributed by atoms with Gasteiger partial charge in [0, 0.05) is 13.1 Å². The van der Waals surface area contributed by atoms with E-state index in [4.69, 9.17) is 16.9 Å². The molecule has 1 unspecified atom stereocenters. The molecule has 84 valence electrons. The number of nitriles is 1. The molecule has 0 amide bonds. The third kappa shape index (κ3) is 1.99. The van der Waals surface area contributed by atoms with Gasteiger partial charge in [0.25, 0.3) is 0 Å². The van der Waals surface area contributed by atoms with Crippen LogP contribution in [0.15, 0.2) is 18.2 Å². The standard InChI is InChI=1S/C12H13ClN2O/c1-12(16)5-6-15(8-12)11-4-2-3-10(13)9(11)7-14/h2-4,16H,5-6,8H2,1H3. The van der Waals surface area contributed by atoms with Crippen molar-refractivity contribution >= 4 is 17.3 Å². The van der Waals surface area contributed by atoms with Gasteiger partial charge in [-0.2, -0.15) is 5.26 Å². The van der Waals surface area contributed by atoms with Crippen LogP contribution in [0, 0.1) is 11.3 Å². The minimum atomic E-state index is -0.672. The second kappa shape index (κ2) is 3.97. The van der Waals surface area contributed by atoms with Crippen LogP contribution in [-0.4, -0.2) is 23.8 Å². The van der Waals surface area contributed by atoms with Crippen molar-refractivity contribution in [3.05, 3.63) is 28.8 Å². The van der Waals surface area contributed by atoms with E-state index in [1.165, 1.54) is 0 Å². The number of aliphatic hydroxyl groups is 1. The predicted molar refractivity (Wildman–Crippen MR) is 63.6 cm³/mol. The SMILES string of the molecule is CC1(O)CCN(c2cccc(Cl)c2C#N)C1. The number of benzene rings is 1. The molecule has 1 aromatic rings.